The number of halogens is 1. The number of carbonyl (C=O) groups is 1. The van der Waals surface area contributed by atoms with Crippen molar-refractivity contribution in [3.63, 3.8) is 0 Å². The summed E-state index contributed by atoms with van der Waals surface area (Å²) < 4.78 is 13.4. The van der Waals surface area contributed by atoms with E-state index in [1.54, 1.807) is 12.1 Å². The smallest absolute Gasteiger partial charge is 0.224 e. The van der Waals surface area contributed by atoms with Gasteiger partial charge in [-0.25, -0.2) is 4.39 Å². The Balaban J connectivity index is 1.87. The number of hydrogen-bond donors (Lipinski definition) is 3. The Kier molecular flexibility index (Phi) is 4.87. The zero-order valence-corrected chi connectivity index (χ0v) is 10.8. The number of aliphatic hydroxyl groups is 1. The van der Waals surface area contributed by atoms with E-state index >= 15 is 0 Å². The number of aliphatic hydroxyl groups excluding tert-OH is 1. The molecule has 1 aliphatic heterocycles. The lowest BCUT2D eigenvalue weighted by atomic mass is 9.99. The summed E-state index contributed by atoms with van der Waals surface area (Å²) in [6.45, 7) is 1.69. The van der Waals surface area contributed by atoms with E-state index in [0.717, 1.165) is 19.4 Å². The van der Waals surface area contributed by atoms with Crippen molar-refractivity contribution < 1.29 is 14.3 Å². The second-order valence-electron chi connectivity index (χ2n) is 4.84. The number of carbonyl (C=O) groups excluding carboxylic acids is 1. The van der Waals surface area contributed by atoms with Gasteiger partial charge in [-0.2, -0.15) is 0 Å². The average molecular weight is 266 g/mol. The Labute approximate surface area is 112 Å². The number of amides is 1. The summed E-state index contributed by atoms with van der Waals surface area (Å²) in [7, 11) is 0. The van der Waals surface area contributed by atoms with Gasteiger partial charge in [-0.15, -0.1) is 0 Å². The fraction of sp³-hybridized carbons (Fsp3) is 0.500. The van der Waals surface area contributed by atoms with Crippen LogP contribution in [-0.2, 0) is 17.9 Å². The molecule has 1 saturated heterocycles. The molecule has 5 heteroatoms. The highest BCUT2D eigenvalue weighted by Gasteiger charge is 2.20. The van der Waals surface area contributed by atoms with Crippen LogP contribution in [0, 0.1) is 11.7 Å². The Morgan fingerprint density at radius 3 is 3.00 bits per heavy atom. The molecule has 1 unspecified atom stereocenters. The average Bonchev–Trinajstić information content (AvgIpc) is 2.46. The predicted octanol–water partition coefficient (Wildman–Crippen LogP) is 0.934. The fourth-order valence-electron chi connectivity index (χ4n) is 2.24. The van der Waals surface area contributed by atoms with Gasteiger partial charge in [-0.1, -0.05) is 12.1 Å². The van der Waals surface area contributed by atoms with Crippen LogP contribution in [0.25, 0.3) is 0 Å². The molecule has 1 heterocycles. The molecule has 1 atom stereocenters. The summed E-state index contributed by atoms with van der Waals surface area (Å²) in [5.41, 5.74) is 0.971. The van der Waals surface area contributed by atoms with Gasteiger partial charge in [0.15, 0.2) is 0 Å². The second-order valence-corrected chi connectivity index (χ2v) is 4.84. The molecule has 0 aliphatic carbocycles. The van der Waals surface area contributed by atoms with E-state index in [1.807, 2.05) is 0 Å². The van der Waals surface area contributed by atoms with Crippen LogP contribution in [-0.4, -0.2) is 24.1 Å². The molecule has 1 fully saturated rings. The minimum Gasteiger partial charge on any atom is -0.392 e. The highest BCUT2D eigenvalue weighted by atomic mass is 19.1. The molecule has 4 nitrogen and oxygen atoms in total. The van der Waals surface area contributed by atoms with Gasteiger partial charge in [0.05, 0.1) is 12.5 Å². The standard InChI is InChI=1S/C14H19FN2O2/c15-13-6-10(3-4-12(13)9-18)7-17-14(19)11-2-1-5-16-8-11/h3-4,6,11,16,18H,1-2,5,7-9H2,(H,17,19). The third kappa shape index (κ3) is 3.75. The Morgan fingerprint density at radius 1 is 1.53 bits per heavy atom. The van der Waals surface area contributed by atoms with Crippen LogP contribution >= 0.6 is 0 Å². The molecular formula is C14H19FN2O2. The van der Waals surface area contributed by atoms with E-state index in [9.17, 15) is 9.18 Å². The topological polar surface area (TPSA) is 61.4 Å². The third-order valence-electron chi connectivity index (χ3n) is 3.42. The second kappa shape index (κ2) is 6.63. The van der Waals surface area contributed by atoms with Gasteiger partial charge in [-0.3, -0.25) is 4.79 Å². The molecule has 19 heavy (non-hydrogen) atoms. The summed E-state index contributed by atoms with van der Waals surface area (Å²) in [6.07, 6.45) is 1.91. The number of piperidine rings is 1. The molecule has 0 radical (unpaired) electrons. The van der Waals surface area contributed by atoms with Crippen LogP contribution in [0.15, 0.2) is 18.2 Å². The van der Waals surface area contributed by atoms with E-state index in [-0.39, 0.29) is 24.0 Å². The van der Waals surface area contributed by atoms with Gasteiger partial charge in [0, 0.05) is 18.7 Å². The molecule has 0 aromatic heterocycles. The van der Waals surface area contributed by atoms with Gasteiger partial charge in [0.1, 0.15) is 5.82 Å². The molecular weight excluding hydrogens is 247 g/mol. The van der Waals surface area contributed by atoms with Crippen molar-refractivity contribution in [2.45, 2.75) is 26.0 Å². The Morgan fingerprint density at radius 2 is 2.37 bits per heavy atom. The van der Waals surface area contributed by atoms with Crippen molar-refractivity contribution in [1.29, 1.82) is 0 Å². The van der Waals surface area contributed by atoms with Crippen molar-refractivity contribution >= 4 is 5.91 Å². The highest BCUT2D eigenvalue weighted by Crippen LogP contribution is 2.12. The van der Waals surface area contributed by atoms with Crippen LogP contribution in [0.2, 0.25) is 0 Å². The maximum Gasteiger partial charge on any atom is 0.224 e. The molecule has 0 spiro atoms. The minimum atomic E-state index is -0.436. The van der Waals surface area contributed by atoms with E-state index < -0.39 is 5.82 Å². The molecule has 1 amide bonds. The van der Waals surface area contributed by atoms with Crippen LogP contribution < -0.4 is 10.6 Å². The SMILES string of the molecule is O=C(NCc1ccc(CO)c(F)c1)C1CCCNC1. The van der Waals surface area contributed by atoms with Crippen LogP contribution in [0.3, 0.4) is 0 Å². The largest absolute Gasteiger partial charge is 0.392 e. The summed E-state index contributed by atoms with van der Waals surface area (Å²) in [5.74, 6) is -0.414. The zero-order chi connectivity index (χ0) is 13.7. The number of rotatable bonds is 4. The predicted molar refractivity (Wildman–Crippen MR) is 69.8 cm³/mol. The van der Waals surface area contributed by atoms with Crippen LogP contribution in [0.1, 0.15) is 24.0 Å². The van der Waals surface area contributed by atoms with Crippen molar-refractivity contribution in [3.8, 4) is 0 Å². The van der Waals surface area contributed by atoms with E-state index in [1.165, 1.54) is 6.07 Å². The van der Waals surface area contributed by atoms with Crippen molar-refractivity contribution in [2.24, 2.45) is 5.92 Å². The first-order valence-corrected chi connectivity index (χ1v) is 6.57. The maximum absolute atomic E-state index is 13.4. The fourth-order valence-corrected chi connectivity index (χ4v) is 2.24. The molecule has 1 aromatic rings. The first-order valence-electron chi connectivity index (χ1n) is 6.57. The summed E-state index contributed by atoms with van der Waals surface area (Å²) in [4.78, 5) is 11.9. The first kappa shape index (κ1) is 14.0. The van der Waals surface area contributed by atoms with Gasteiger partial charge in [0.2, 0.25) is 5.91 Å². The number of hydrogen-bond acceptors (Lipinski definition) is 3. The Hall–Kier alpha value is -1.46. The normalized spacial score (nSPS) is 19.2. The first-order chi connectivity index (χ1) is 9.20. The van der Waals surface area contributed by atoms with Crippen LogP contribution in [0.4, 0.5) is 4.39 Å². The van der Waals surface area contributed by atoms with Crippen LogP contribution in [0.5, 0.6) is 0 Å². The lowest BCUT2D eigenvalue weighted by Crippen LogP contribution is -2.40. The lowest BCUT2D eigenvalue weighted by molar-refractivity contribution is -0.125. The summed E-state index contributed by atoms with van der Waals surface area (Å²) in [5, 5.41) is 14.9. The van der Waals surface area contributed by atoms with Crippen molar-refractivity contribution in [2.75, 3.05) is 13.1 Å². The Bertz CT molecular complexity index is 445. The molecule has 3 N–H and O–H groups in total. The van der Waals surface area contributed by atoms with Gasteiger partial charge in [-0.05, 0) is 31.0 Å². The molecule has 1 aromatic carbocycles. The molecule has 104 valence electrons. The summed E-state index contributed by atoms with van der Waals surface area (Å²) in [6, 6.07) is 4.61. The quantitative estimate of drug-likeness (QED) is 0.760. The van der Waals surface area contributed by atoms with Gasteiger partial charge < -0.3 is 15.7 Å². The highest BCUT2D eigenvalue weighted by molar-refractivity contribution is 5.78. The summed E-state index contributed by atoms with van der Waals surface area (Å²) >= 11 is 0. The third-order valence-corrected chi connectivity index (χ3v) is 3.42. The van der Waals surface area contributed by atoms with Gasteiger partial charge in [0.25, 0.3) is 0 Å². The minimum absolute atomic E-state index is 0.00955. The maximum atomic E-state index is 13.4. The lowest BCUT2D eigenvalue weighted by Gasteiger charge is -2.21. The number of nitrogens with one attached hydrogen (secondary N) is 2. The molecule has 0 bridgehead atoms. The van der Waals surface area contributed by atoms with E-state index in [2.05, 4.69) is 10.6 Å². The molecule has 2 rings (SSSR count). The van der Waals surface area contributed by atoms with Crippen molar-refractivity contribution in [1.82, 2.24) is 10.6 Å². The van der Waals surface area contributed by atoms with E-state index in [0.29, 0.717) is 18.7 Å². The number of benzene rings is 1. The molecule has 0 saturated carbocycles. The monoisotopic (exact) mass is 266 g/mol. The van der Waals surface area contributed by atoms with Crippen molar-refractivity contribution in [3.05, 3.63) is 35.1 Å². The zero-order valence-electron chi connectivity index (χ0n) is 10.8. The van der Waals surface area contributed by atoms with E-state index in [4.69, 9.17) is 5.11 Å². The van der Waals surface area contributed by atoms with Gasteiger partial charge >= 0.3 is 0 Å². The molecule has 1 aliphatic rings.